The van der Waals surface area contributed by atoms with E-state index in [1.807, 2.05) is 13.8 Å². The van der Waals surface area contributed by atoms with Gasteiger partial charge in [0, 0.05) is 24.6 Å². The Labute approximate surface area is 115 Å². The number of hydrogen-bond acceptors (Lipinski definition) is 5. The second kappa shape index (κ2) is 6.19. The fraction of sp³-hybridized carbons (Fsp3) is 0.714. The summed E-state index contributed by atoms with van der Waals surface area (Å²) in [6.45, 7) is 10.6. The largest absolute Gasteiger partial charge is 0.396 e. The third-order valence-corrected chi connectivity index (χ3v) is 3.06. The molecule has 0 spiro atoms. The molecule has 1 rings (SSSR count). The number of rotatable bonds is 5. The molecule has 1 unspecified atom stereocenters. The van der Waals surface area contributed by atoms with Crippen LogP contribution in [0.15, 0.2) is 6.07 Å². The van der Waals surface area contributed by atoms with Crippen LogP contribution < -0.4 is 11.1 Å². The summed E-state index contributed by atoms with van der Waals surface area (Å²) in [5.74, 6) is 2.16. The van der Waals surface area contributed by atoms with Crippen LogP contribution in [0.3, 0.4) is 0 Å². The minimum Gasteiger partial charge on any atom is -0.396 e. The van der Waals surface area contributed by atoms with Crippen molar-refractivity contribution in [2.75, 3.05) is 17.7 Å². The van der Waals surface area contributed by atoms with Gasteiger partial charge >= 0.3 is 0 Å². The van der Waals surface area contributed by atoms with Crippen LogP contribution in [0, 0.1) is 5.41 Å². The molecule has 1 atom stereocenters. The molecule has 5 heteroatoms. The van der Waals surface area contributed by atoms with Gasteiger partial charge in [-0.2, -0.15) is 0 Å². The number of hydrogen-bond donors (Lipinski definition) is 3. The van der Waals surface area contributed by atoms with Gasteiger partial charge in [-0.3, -0.25) is 0 Å². The van der Waals surface area contributed by atoms with Gasteiger partial charge in [0.05, 0.1) is 0 Å². The molecule has 0 aliphatic carbocycles. The van der Waals surface area contributed by atoms with Crippen LogP contribution in [0.25, 0.3) is 0 Å². The molecule has 0 aliphatic rings. The molecular weight excluding hydrogens is 240 g/mol. The molecule has 5 nitrogen and oxygen atoms in total. The summed E-state index contributed by atoms with van der Waals surface area (Å²) in [4.78, 5) is 8.71. The number of nitrogens with one attached hydrogen (secondary N) is 1. The SMILES string of the molecule is CC(C)c1nc(N)cc(NC(CCO)C(C)(C)C)n1. The Bertz CT molecular complexity index is 412. The highest BCUT2D eigenvalue weighted by Gasteiger charge is 2.24. The van der Waals surface area contributed by atoms with E-state index < -0.39 is 0 Å². The van der Waals surface area contributed by atoms with E-state index in [1.54, 1.807) is 6.07 Å². The zero-order chi connectivity index (χ0) is 14.6. The number of anilines is 2. The fourth-order valence-corrected chi connectivity index (χ4v) is 1.85. The number of nitrogen functional groups attached to an aromatic ring is 1. The van der Waals surface area contributed by atoms with E-state index in [0.29, 0.717) is 12.2 Å². The number of nitrogens with zero attached hydrogens (tertiary/aromatic N) is 2. The summed E-state index contributed by atoms with van der Waals surface area (Å²) in [5, 5.41) is 12.5. The second-order valence-corrected chi connectivity index (χ2v) is 6.27. The number of aliphatic hydroxyl groups excluding tert-OH is 1. The molecule has 1 heterocycles. The van der Waals surface area contributed by atoms with Gasteiger partial charge in [-0.1, -0.05) is 34.6 Å². The summed E-state index contributed by atoms with van der Waals surface area (Å²) < 4.78 is 0. The topological polar surface area (TPSA) is 84.1 Å². The van der Waals surface area contributed by atoms with Crippen molar-refractivity contribution in [3.63, 3.8) is 0 Å². The standard InChI is InChI=1S/C14H26N4O/c1-9(2)13-17-11(15)8-12(18-13)16-10(6-7-19)14(3,4)5/h8-10,19H,6-7H2,1-5H3,(H3,15,16,17,18). The molecule has 0 aromatic carbocycles. The van der Waals surface area contributed by atoms with Crippen molar-refractivity contribution >= 4 is 11.6 Å². The maximum Gasteiger partial charge on any atom is 0.135 e. The minimum absolute atomic E-state index is 0.0282. The molecule has 0 radical (unpaired) electrons. The Hall–Kier alpha value is -1.36. The second-order valence-electron chi connectivity index (χ2n) is 6.27. The summed E-state index contributed by atoms with van der Waals surface area (Å²) in [6.07, 6.45) is 0.671. The van der Waals surface area contributed by atoms with Gasteiger partial charge in [0.15, 0.2) is 0 Å². The smallest absolute Gasteiger partial charge is 0.135 e. The highest BCUT2D eigenvalue weighted by Crippen LogP contribution is 2.25. The number of aliphatic hydroxyl groups is 1. The first-order valence-electron chi connectivity index (χ1n) is 6.76. The van der Waals surface area contributed by atoms with Crippen molar-refractivity contribution in [2.24, 2.45) is 5.41 Å². The molecule has 0 saturated carbocycles. The lowest BCUT2D eigenvalue weighted by Gasteiger charge is -2.31. The molecule has 108 valence electrons. The van der Waals surface area contributed by atoms with Crippen molar-refractivity contribution in [3.05, 3.63) is 11.9 Å². The highest BCUT2D eigenvalue weighted by atomic mass is 16.3. The van der Waals surface area contributed by atoms with Gasteiger partial charge in [-0.05, 0) is 11.8 Å². The van der Waals surface area contributed by atoms with Crippen molar-refractivity contribution < 1.29 is 5.11 Å². The van der Waals surface area contributed by atoms with Crippen molar-refractivity contribution in [1.82, 2.24) is 9.97 Å². The Morgan fingerprint density at radius 1 is 1.32 bits per heavy atom. The molecule has 4 N–H and O–H groups in total. The van der Waals surface area contributed by atoms with E-state index in [9.17, 15) is 5.11 Å². The Morgan fingerprint density at radius 2 is 1.95 bits per heavy atom. The molecule has 0 saturated heterocycles. The Morgan fingerprint density at radius 3 is 2.42 bits per heavy atom. The van der Waals surface area contributed by atoms with Crippen molar-refractivity contribution in [1.29, 1.82) is 0 Å². The van der Waals surface area contributed by atoms with Gasteiger partial charge in [-0.15, -0.1) is 0 Å². The van der Waals surface area contributed by atoms with Gasteiger partial charge in [-0.25, -0.2) is 9.97 Å². The lowest BCUT2D eigenvalue weighted by molar-refractivity contribution is 0.235. The predicted octanol–water partition coefficient (Wildman–Crippen LogP) is 2.39. The molecule has 0 bridgehead atoms. The maximum atomic E-state index is 9.18. The van der Waals surface area contributed by atoms with Crippen LogP contribution in [-0.2, 0) is 0 Å². The van der Waals surface area contributed by atoms with Crippen molar-refractivity contribution in [2.45, 2.75) is 53.0 Å². The molecule has 0 amide bonds. The Kier molecular flexibility index (Phi) is 5.11. The monoisotopic (exact) mass is 266 g/mol. The van der Waals surface area contributed by atoms with Crippen LogP contribution >= 0.6 is 0 Å². The fourth-order valence-electron chi connectivity index (χ4n) is 1.85. The number of nitrogens with two attached hydrogens (primary N) is 1. The lowest BCUT2D eigenvalue weighted by atomic mass is 9.85. The van der Waals surface area contributed by atoms with Crippen molar-refractivity contribution in [3.8, 4) is 0 Å². The summed E-state index contributed by atoms with van der Waals surface area (Å²) >= 11 is 0. The average molecular weight is 266 g/mol. The van der Waals surface area contributed by atoms with Gasteiger partial charge in [0.2, 0.25) is 0 Å². The van der Waals surface area contributed by atoms with E-state index in [-0.39, 0.29) is 24.0 Å². The molecule has 1 aromatic heterocycles. The van der Waals surface area contributed by atoms with Crippen LogP contribution in [0.1, 0.15) is 52.8 Å². The molecule has 19 heavy (non-hydrogen) atoms. The lowest BCUT2D eigenvalue weighted by Crippen LogP contribution is -2.35. The summed E-state index contributed by atoms with van der Waals surface area (Å²) in [7, 11) is 0. The first kappa shape index (κ1) is 15.7. The first-order valence-corrected chi connectivity index (χ1v) is 6.76. The molecule has 0 fully saturated rings. The van der Waals surface area contributed by atoms with E-state index in [2.05, 4.69) is 36.1 Å². The van der Waals surface area contributed by atoms with E-state index in [0.717, 1.165) is 11.6 Å². The zero-order valence-electron chi connectivity index (χ0n) is 12.6. The molecule has 1 aromatic rings. The first-order chi connectivity index (χ1) is 8.74. The number of aromatic nitrogens is 2. The summed E-state index contributed by atoms with van der Waals surface area (Å²) in [6, 6.07) is 1.87. The third-order valence-electron chi connectivity index (χ3n) is 3.06. The summed E-state index contributed by atoms with van der Waals surface area (Å²) in [5.41, 5.74) is 5.84. The predicted molar refractivity (Wildman–Crippen MR) is 79.1 cm³/mol. The van der Waals surface area contributed by atoms with Gasteiger partial charge < -0.3 is 16.2 Å². The average Bonchev–Trinajstić information content (AvgIpc) is 2.26. The quantitative estimate of drug-likeness (QED) is 0.762. The van der Waals surface area contributed by atoms with Crippen LogP contribution in [0.5, 0.6) is 0 Å². The maximum absolute atomic E-state index is 9.18. The van der Waals surface area contributed by atoms with E-state index in [4.69, 9.17) is 5.73 Å². The van der Waals surface area contributed by atoms with E-state index in [1.165, 1.54) is 0 Å². The zero-order valence-corrected chi connectivity index (χ0v) is 12.6. The van der Waals surface area contributed by atoms with Gasteiger partial charge in [0.1, 0.15) is 17.5 Å². The van der Waals surface area contributed by atoms with Gasteiger partial charge in [0.25, 0.3) is 0 Å². The minimum atomic E-state index is 0.0282. The van der Waals surface area contributed by atoms with Crippen LogP contribution in [0.2, 0.25) is 0 Å². The molecular formula is C14H26N4O. The van der Waals surface area contributed by atoms with E-state index >= 15 is 0 Å². The molecule has 0 aliphatic heterocycles. The Balaban J connectivity index is 2.96. The third kappa shape index (κ3) is 4.67. The van der Waals surface area contributed by atoms with Crippen LogP contribution in [0.4, 0.5) is 11.6 Å². The highest BCUT2D eigenvalue weighted by molar-refractivity contribution is 5.45. The normalized spacial score (nSPS) is 13.6. The van der Waals surface area contributed by atoms with Crippen LogP contribution in [-0.4, -0.2) is 27.7 Å².